The smallest absolute Gasteiger partial charge is 0.250 e. The average molecular weight is 395 g/mol. The third kappa shape index (κ3) is 3.81. The van der Waals surface area contributed by atoms with Crippen LogP contribution in [0, 0.1) is 5.41 Å². The molecular weight excluding hydrogens is 364 g/mol. The highest BCUT2D eigenvalue weighted by Crippen LogP contribution is 2.51. The van der Waals surface area contributed by atoms with Gasteiger partial charge in [0, 0.05) is 36.3 Å². The van der Waals surface area contributed by atoms with Crippen molar-refractivity contribution in [2.45, 2.75) is 50.7 Å². The van der Waals surface area contributed by atoms with Crippen molar-refractivity contribution >= 4 is 6.29 Å². The molecule has 1 aliphatic heterocycles. The minimum atomic E-state index is -0.916. The lowest BCUT2D eigenvalue weighted by Crippen LogP contribution is -2.60. The van der Waals surface area contributed by atoms with Crippen LogP contribution < -0.4 is 5.56 Å². The zero-order valence-corrected chi connectivity index (χ0v) is 17.1. The van der Waals surface area contributed by atoms with E-state index in [1.165, 1.54) is 0 Å². The summed E-state index contributed by atoms with van der Waals surface area (Å²) in [5.41, 5.74) is 1.09. The van der Waals surface area contributed by atoms with Gasteiger partial charge in [0.1, 0.15) is 0 Å². The van der Waals surface area contributed by atoms with E-state index < -0.39 is 5.60 Å². The first-order chi connectivity index (χ1) is 13.9. The molecule has 1 N–H and O–H groups in total. The van der Waals surface area contributed by atoms with E-state index >= 15 is 0 Å². The van der Waals surface area contributed by atoms with Crippen LogP contribution in [0.2, 0.25) is 0 Å². The summed E-state index contributed by atoms with van der Waals surface area (Å²) < 4.78 is 1.56. The van der Waals surface area contributed by atoms with Crippen molar-refractivity contribution < 1.29 is 9.90 Å². The van der Waals surface area contributed by atoms with E-state index in [0.717, 1.165) is 56.2 Å². The lowest BCUT2D eigenvalue weighted by Gasteiger charge is -2.51. The molecule has 2 heterocycles. The Kier molecular flexibility index (Phi) is 5.45. The number of piperidine rings is 1. The molecule has 2 aromatic rings. The number of rotatable bonds is 5. The highest BCUT2D eigenvalue weighted by molar-refractivity contribution is 5.76. The highest BCUT2D eigenvalue weighted by Gasteiger charge is 2.54. The number of hydrogen-bond donors (Lipinski definition) is 1. The van der Waals surface area contributed by atoms with Crippen LogP contribution in [0.1, 0.15) is 53.6 Å². The number of pyridine rings is 1. The summed E-state index contributed by atoms with van der Waals surface area (Å²) in [4.78, 5) is 27.0. The number of carbonyl (C=O) groups excluding carboxylic acids is 1. The number of aliphatic hydroxyl groups is 1. The molecule has 1 aromatic carbocycles. The molecule has 5 nitrogen and oxygen atoms in total. The first-order valence-electron chi connectivity index (χ1n) is 10.6. The van der Waals surface area contributed by atoms with Crippen LogP contribution in [0.5, 0.6) is 0 Å². The normalized spacial score (nSPS) is 24.1. The standard InChI is InChI=1S/C24H30N2O3/c1-25-12-11-24(29,23(17-25)9-5-6-10-23)18-26-15-21(16-27)20(14-22(26)28)13-19-7-3-2-4-8-19/h2-4,7-8,14-16,29H,5-6,9-13,17-18H2,1H3. The molecule has 2 aliphatic rings. The quantitative estimate of drug-likeness (QED) is 0.792. The maximum atomic E-state index is 12.9. The fourth-order valence-electron chi connectivity index (χ4n) is 5.42. The van der Waals surface area contributed by atoms with Gasteiger partial charge in [-0.25, -0.2) is 0 Å². The first kappa shape index (κ1) is 20.0. The third-order valence-corrected chi connectivity index (χ3v) is 7.07. The van der Waals surface area contributed by atoms with Crippen molar-refractivity contribution in [2.75, 3.05) is 20.1 Å². The number of nitrogens with zero attached hydrogens (tertiary/aromatic N) is 2. The second-order valence-electron chi connectivity index (χ2n) is 9.01. The van der Waals surface area contributed by atoms with Crippen LogP contribution in [0.25, 0.3) is 0 Å². The molecule has 0 radical (unpaired) electrons. The van der Waals surface area contributed by atoms with Crippen LogP contribution in [-0.2, 0) is 13.0 Å². The van der Waals surface area contributed by atoms with Gasteiger partial charge in [0.2, 0.25) is 0 Å². The van der Waals surface area contributed by atoms with Gasteiger partial charge in [-0.15, -0.1) is 0 Å². The van der Waals surface area contributed by atoms with Gasteiger partial charge in [0.05, 0.1) is 12.1 Å². The molecule has 1 aliphatic carbocycles. The van der Waals surface area contributed by atoms with Gasteiger partial charge in [0.25, 0.3) is 5.56 Å². The van der Waals surface area contributed by atoms with Crippen molar-refractivity contribution in [3.63, 3.8) is 0 Å². The van der Waals surface area contributed by atoms with Crippen molar-refractivity contribution in [3.8, 4) is 0 Å². The first-order valence-corrected chi connectivity index (χ1v) is 10.6. The molecule has 1 aromatic heterocycles. The van der Waals surface area contributed by atoms with E-state index in [2.05, 4.69) is 11.9 Å². The molecule has 1 saturated carbocycles. The van der Waals surface area contributed by atoms with Gasteiger partial charge in [-0.1, -0.05) is 43.2 Å². The molecule has 5 heteroatoms. The Labute approximate surface area is 172 Å². The molecule has 1 saturated heterocycles. The maximum Gasteiger partial charge on any atom is 0.250 e. The van der Waals surface area contributed by atoms with Crippen molar-refractivity contribution in [1.29, 1.82) is 0 Å². The Morgan fingerprint density at radius 3 is 2.55 bits per heavy atom. The second-order valence-corrected chi connectivity index (χ2v) is 9.01. The van der Waals surface area contributed by atoms with Gasteiger partial charge < -0.3 is 14.6 Å². The molecule has 154 valence electrons. The molecule has 0 bridgehead atoms. The van der Waals surface area contributed by atoms with Crippen molar-refractivity contribution in [2.24, 2.45) is 5.41 Å². The van der Waals surface area contributed by atoms with Gasteiger partial charge in [-0.3, -0.25) is 9.59 Å². The van der Waals surface area contributed by atoms with Crippen LogP contribution >= 0.6 is 0 Å². The molecule has 4 rings (SSSR count). The van der Waals surface area contributed by atoms with E-state index in [1.807, 2.05) is 30.3 Å². The van der Waals surface area contributed by atoms with Gasteiger partial charge in [-0.2, -0.15) is 0 Å². The third-order valence-electron chi connectivity index (χ3n) is 7.07. The SMILES string of the molecule is CN1CCC(O)(Cn2cc(C=O)c(Cc3ccccc3)cc2=O)C2(CCCC2)C1. The van der Waals surface area contributed by atoms with Crippen molar-refractivity contribution in [1.82, 2.24) is 9.47 Å². The lowest BCUT2D eigenvalue weighted by molar-refractivity contribution is -0.139. The lowest BCUT2D eigenvalue weighted by atomic mass is 9.66. The fraction of sp³-hybridized carbons (Fsp3) is 0.500. The predicted molar refractivity (Wildman–Crippen MR) is 113 cm³/mol. The molecule has 1 atom stereocenters. The Morgan fingerprint density at radius 2 is 1.86 bits per heavy atom. The van der Waals surface area contributed by atoms with Gasteiger partial charge in [-0.05, 0) is 43.9 Å². The molecule has 29 heavy (non-hydrogen) atoms. The van der Waals surface area contributed by atoms with Gasteiger partial charge in [0.15, 0.2) is 6.29 Å². The summed E-state index contributed by atoms with van der Waals surface area (Å²) in [6.45, 7) is 1.94. The summed E-state index contributed by atoms with van der Waals surface area (Å²) in [5.74, 6) is 0. The summed E-state index contributed by atoms with van der Waals surface area (Å²) in [7, 11) is 2.11. The Hall–Kier alpha value is -2.24. The van der Waals surface area contributed by atoms with E-state index in [-0.39, 0.29) is 17.5 Å². The largest absolute Gasteiger partial charge is 0.387 e. The van der Waals surface area contributed by atoms with Crippen LogP contribution in [0.4, 0.5) is 0 Å². The summed E-state index contributed by atoms with van der Waals surface area (Å²) >= 11 is 0. The minimum absolute atomic E-state index is 0.151. The summed E-state index contributed by atoms with van der Waals surface area (Å²) in [6.07, 6.45) is 7.90. The second kappa shape index (κ2) is 7.88. The number of benzene rings is 1. The van der Waals surface area contributed by atoms with E-state index in [1.54, 1.807) is 16.8 Å². The van der Waals surface area contributed by atoms with Crippen LogP contribution in [0.15, 0.2) is 47.4 Å². The monoisotopic (exact) mass is 394 g/mol. The minimum Gasteiger partial charge on any atom is -0.387 e. The van der Waals surface area contributed by atoms with Gasteiger partial charge >= 0.3 is 0 Å². The van der Waals surface area contributed by atoms with E-state index in [4.69, 9.17) is 0 Å². The topological polar surface area (TPSA) is 62.5 Å². The highest BCUT2D eigenvalue weighted by atomic mass is 16.3. The predicted octanol–water partition coefficient (Wildman–Crippen LogP) is 2.88. The van der Waals surface area contributed by atoms with Crippen molar-refractivity contribution in [3.05, 3.63) is 69.6 Å². The van der Waals surface area contributed by atoms with E-state index in [0.29, 0.717) is 18.4 Å². The number of carbonyl (C=O) groups is 1. The number of likely N-dealkylation sites (tertiary alicyclic amines) is 1. The fourth-order valence-corrected chi connectivity index (χ4v) is 5.42. The zero-order chi connectivity index (χ0) is 20.5. The molecule has 1 unspecified atom stereocenters. The Bertz CT molecular complexity index is 931. The summed E-state index contributed by atoms with van der Waals surface area (Å²) in [6, 6.07) is 11.4. The van der Waals surface area contributed by atoms with Crippen LogP contribution in [0.3, 0.4) is 0 Å². The Morgan fingerprint density at radius 1 is 1.14 bits per heavy atom. The molecule has 2 fully saturated rings. The number of aldehydes is 1. The zero-order valence-electron chi connectivity index (χ0n) is 17.1. The van der Waals surface area contributed by atoms with E-state index in [9.17, 15) is 14.7 Å². The Balaban J connectivity index is 1.65. The summed E-state index contributed by atoms with van der Waals surface area (Å²) in [5, 5.41) is 11.7. The molecule has 0 amide bonds. The molecular formula is C24H30N2O3. The number of hydrogen-bond acceptors (Lipinski definition) is 4. The number of aromatic nitrogens is 1. The molecule has 1 spiro atoms. The van der Waals surface area contributed by atoms with Crippen LogP contribution in [-0.4, -0.2) is 46.6 Å². The average Bonchev–Trinajstić information content (AvgIpc) is 3.18. The maximum absolute atomic E-state index is 12.9.